The van der Waals surface area contributed by atoms with E-state index < -0.39 is 16.0 Å². The standard InChI is InChI=1S/C10H10Cl3NO4S/c1-14(19(17,18)3-2-11)8-5-6(12)4-7(9(8)13)10(15)16/h4-5H,2-3H2,1H3,(H,15,16). The predicted molar refractivity (Wildman–Crippen MR) is 76.3 cm³/mol. The molecule has 0 aliphatic carbocycles. The number of aromatic carboxylic acids is 1. The fourth-order valence-electron chi connectivity index (χ4n) is 1.34. The third-order valence-corrected chi connectivity index (χ3v) is 5.12. The highest BCUT2D eigenvalue weighted by Gasteiger charge is 2.23. The van der Waals surface area contributed by atoms with E-state index in [1.165, 1.54) is 13.1 Å². The molecule has 1 rings (SSSR count). The molecular weight excluding hydrogens is 337 g/mol. The van der Waals surface area contributed by atoms with Gasteiger partial charge in [-0.1, -0.05) is 23.2 Å². The lowest BCUT2D eigenvalue weighted by Crippen LogP contribution is -2.30. The summed E-state index contributed by atoms with van der Waals surface area (Å²) in [5.41, 5.74) is -0.270. The molecule has 0 aliphatic heterocycles. The Balaban J connectivity index is 3.39. The van der Waals surface area contributed by atoms with Gasteiger partial charge in [-0.2, -0.15) is 0 Å². The molecule has 0 aliphatic rings. The van der Waals surface area contributed by atoms with Crippen LogP contribution >= 0.6 is 34.8 Å². The van der Waals surface area contributed by atoms with Crippen LogP contribution < -0.4 is 4.31 Å². The third-order valence-electron chi connectivity index (χ3n) is 2.34. The van der Waals surface area contributed by atoms with Crippen molar-refractivity contribution in [1.29, 1.82) is 0 Å². The van der Waals surface area contributed by atoms with Gasteiger partial charge in [-0.05, 0) is 12.1 Å². The molecule has 0 unspecified atom stereocenters. The van der Waals surface area contributed by atoms with Crippen molar-refractivity contribution in [3.05, 3.63) is 27.7 Å². The van der Waals surface area contributed by atoms with Gasteiger partial charge >= 0.3 is 5.97 Å². The smallest absolute Gasteiger partial charge is 0.337 e. The second-order valence-corrected chi connectivity index (χ2v) is 6.88. The Hall–Kier alpha value is -0.690. The molecule has 106 valence electrons. The summed E-state index contributed by atoms with van der Waals surface area (Å²) >= 11 is 17.1. The molecule has 5 nitrogen and oxygen atoms in total. The van der Waals surface area contributed by atoms with E-state index >= 15 is 0 Å². The van der Waals surface area contributed by atoms with Gasteiger partial charge in [0.25, 0.3) is 0 Å². The van der Waals surface area contributed by atoms with Crippen molar-refractivity contribution < 1.29 is 18.3 Å². The molecule has 0 heterocycles. The van der Waals surface area contributed by atoms with E-state index in [1.54, 1.807) is 0 Å². The number of rotatable bonds is 5. The first-order valence-corrected chi connectivity index (χ1v) is 7.85. The second-order valence-electron chi connectivity index (χ2n) is 3.56. The van der Waals surface area contributed by atoms with Crippen molar-refractivity contribution in [1.82, 2.24) is 0 Å². The molecule has 19 heavy (non-hydrogen) atoms. The quantitative estimate of drug-likeness (QED) is 0.832. The van der Waals surface area contributed by atoms with Crippen LogP contribution in [0, 0.1) is 0 Å². The van der Waals surface area contributed by atoms with Gasteiger partial charge in [0.15, 0.2) is 0 Å². The summed E-state index contributed by atoms with van der Waals surface area (Å²) in [5, 5.41) is 8.85. The number of hydrogen-bond acceptors (Lipinski definition) is 3. The van der Waals surface area contributed by atoms with Crippen LogP contribution in [0.2, 0.25) is 10.0 Å². The van der Waals surface area contributed by atoms with Crippen LogP contribution in [-0.2, 0) is 10.0 Å². The topological polar surface area (TPSA) is 74.7 Å². The number of alkyl halides is 1. The lowest BCUT2D eigenvalue weighted by atomic mass is 10.2. The molecule has 1 aromatic rings. The van der Waals surface area contributed by atoms with Crippen LogP contribution in [-0.4, -0.2) is 38.2 Å². The van der Waals surface area contributed by atoms with E-state index in [9.17, 15) is 13.2 Å². The van der Waals surface area contributed by atoms with Gasteiger partial charge in [-0.25, -0.2) is 13.2 Å². The van der Waals surface area contributed by atoms with Gasteiger partial charge in [0.2, 0.25) is 10.0 Å². The number of sulfonamides is 1. The summed E-state index contributed by atoms with van der Waals surface area (Å²) in [6.45, 7) is 0. The molecule has 0 atom stereocenters. The van der Waals surface area contributed by atoms with Gasteiger partial charge in [-0.3, -0.25) is 4.31 Å². The Bertz CT molecular complexity index is 603. The molecule has 0 radical (unpaired) electrons. The minimum absolute atomic E-state index is 0.00307. The first kappa shape index (κ1) is 16.4. The summed E-state index contributed by atoms with van der Waals surface area (Å²) in [6, 6.07) is 2.43. The van der Waals surface area contributed by atoms with Gasteiger partial charge in [0.05, 0.1) is 22.0 Å². The van der Waals surface area contributed by atoms with Crippen LogP contribution in [0.15, 0.2) is 12.1 Å². The fourth-order valence-corrected chi connectivity index (χ4v) is 3.42. The number of hydrogen-bond donors (Lipinski definition) is 1. The first-order valence-electron chi connectivity index (χ1n) is 4.95. The summed E-state index contributed by atoms with van der Waals surface area (Å²) < 4.78 is 24.6. The van der Waals surface area contributed by atoms with Crippen LogP contribution in [0.3, 0.4) is 0 Å². The van der Waals surface area contributed by atoms with Crippen LogP contribution in [0.4, 0.5) is 5.69 Å². The first-order chi connectivity index (χ1) is 8.70. The van der Waals surface area contributed by atoms with Crippen LogP contribution in [0.1, 0.15) is 10.4 Å². The molecule has 0 amide bonds. The van der Waals surface area contributed by atoms with Crippen molar-refractivity contribution in [2.75, 3.05) is 23.0 Å². The minimum atomic E-state index is -3.68. The molecule has 0 bridgehead atoms. The van der Waals surface area contributed by atoms with Gasteiger partial charge in [-0.15, -0.1) is 11.6 Å². The number of nitrogens with zero attached hydrogens (tertiary/aromatic N) is 1. The Morgan fingerprint density at radius 3 is 2.42 bits per heavy atom. The fraction of sp³-hybridized carbons (Fsp3) is 0.300. The monoisotopic (exact) mass is 345 g/mol. The number of halogens is 3. The number of carboxylic acid groups (broad SMARTS) is 1. The molecule has 1 N–H and O–H groups in total. The van der Waals surface area contributed by atoms with Gasteiger partial charge in [0.1, 0.15) is 0 Å². The Kier molecular flexibility index (Phi) is 5.32. The van der Waals surface area contributed by atoms with E-state index in [4.69, 9.17) is 39.9 Å². The largest absolute Gasteiger partial charge is 0.478 e. The van der Waals surface area contributed by atoms with Crippen LogP contribution in [0.25, 0.3) is 0 Å². The zero-order valence-corrected chi connectivity index (χ0v) is 12.8. The molecule has 0 saturated heterocycles. The van der Waals surface area contributed by atoms with Crippen molar-refractivity contribution in [2.24, 2.45) is 0 Å². The zero-order valence-electron chi connectivity index (χ0n) is 9.73. The average molecular weight is 347 g/mol. The van der Waals surface area contributed by atoms with Crippen molar-refractivity contribution >= 4 is 56.5 Å². The maximum absolute atomic E-state index is 11.9. The molecule has 9 heteroatoms. The van der Waals surface area contributed by atoms with Crippen molar-refractivity contribution in [3.63, 3.8) is 0 Å². The number of anilines is 1. The van der Waals surface area contributed by atoms with Gasteiger partial charge < -0.3 is 5.11 Å². The Morgan fingerprint density at radius 2 is 1.95 bits per heavy atom. The normalized spacial score (nSPS) is 11.4. The molecular formula is C10H10Cl3NO4S. The Morgan fingerprint density at radius 1 is 1.37 bits per heavy atom. The van der Waals surface area contributed by atoms with E-state index in [0.29, 0.717) is 0 Å². The SMILES string of the molecule is CN(c1cc(Cl)cc(C(=O)O)c1Cl)S(=O)(=O)CCCl. The van der Waals surface area contributed by atoms with Crippen molar-refractivity contribution in [3.8, 4) is 0 Å². The highest BCUT2D eigenvalue weighted by molar-refractivity contribution is 7.92. The van der Waals surface area contributed by atoms with Crippen LogP contribution in [0.5, 0.6) is 0 Å². The summed E-state index contributed by atoms with van der Waals surface area (Å²) in [7, 11) is -2.42. The maximum Gasteiger partial charge on any atom is 0.337 e. The molecule has 0 aromatic heterocycles. The summed E-state index contributed by atoms with van der Waals surface area (Å²) in [5.74, 6) is -1.68. The number of carboxylic acids is 1. The number of benzene rings is 1. The molecule has 1 aromatic carbocycles. The van der Waals surface area contributed by atoms with E-state index in [-0.39, 0.29) is 32.9 Å². The second kappa shape index (κ2) is 6.17. The molecule has 0 saturated carbocycles. The van der Waals surface area contributed by atoms with Gasteiger partial charge in [0, 0.05) is 18.0 Å². The zero-order chi connectivity index (χ0) is 14.8. The highest BCUT2D eigenvalue weighted by Crippen LogP contribution is 2.33. The maximum atomic E-state index is 11.9. The Labute approximate surface area is 125 Å². The predicted octanol–water partition coefficient (Wildman–Crippen LogP) is 2.70. The average Bonchev–Trinajstić information content (AvgIpc) is 2.30. The number of carbonyl (C=O) groups is 1. The lowest BCUT2D eigenvalue weighted by Gasteiger charge is -2.21. The summed E-state index contributed by atoms with van der Waals surface area (Å²) in [6.07, 6.45) is 0. The highest BCUT2D eigenvalue weighted by atomic mass is 35.5. The summed E-state index contributed by atoms with van der Waals surface area (Å²) in [4.78, 5) is 11.0. The molecule has 0 fully saturated rings. The van der Waals surface area contributed by atoms with E-state index in [0.717, 1.165) is 10.4 Å². The molecule has 0 spiro atoms. The lowest BCUT2D eigenvalue weighted by molar-refractivity contribution is 0.0697. The minimum Gasteiger partial charge on any atom is -0.478 e. The van der Waals surface area contributed by atoms with Crippen molar-refractivity contribution in [2.45, 2.75) is 0 Å². The van der Waals surface area contributed by atoms with E-state index in [2.05, 4.69) is 0 Å². The third kappa shape index (κ3) is 3.66. The van der Waals surface area contributed by atoms with E-state index in [1.807, 2.05) is 0 Å².